The first kappa shape index (κ1) is 21.1. The number of ether oxygens (including phenoxy) is 1. The first-order valence-electron chi connectivity index (χ1n) is 11.2. The van der Waals surface area contributed by atoms with Crippen LogP contribution >= 0.6 is 0 Å². The zero-order chi connectivity index (χ0) is 19.8. The van der Waals surface area contributed by atoms with Crippen molar-refractivity contribution in [2.24, 2.45) is 10.9 Å². The number of aliphatic imine (C=N–C) groups is 1. The Balaban J connectivity index is 1.55. The van der Waals surface area contributed by atoms with E-state index in [9.17, 15) is 0 Å². The molecule has 2 fully saturated rings. The monoisotopic (exact) mass is 386 g/mol. The van der Waals surface area contributed by atoms with Gasteiger partial charge in [-0.15, -0.1) is 0 Å². The molecule has 1 aromatic rings. The molecule has 5 nitrogen and oxygen atoms in total. The van der Waals surface area contributed by atoms with Gasteiger partial charge in [-0.05, 0) is 51.6 Å². The molecule has 2 N–H and O–H groups in total. The van der Waals surface area contributed by atoms with Gasteiger partial charge in [0.15, 0.2) is 5.96 Å². The molecule has 1 aliphatic heterocycles. The molecule has 28 heavy (non-hydrogen) atoms. The number of hydrogen-bond acceptors (Lipinski definition) is 3. The third-order valence-corrected chi connectivity index (χ3v) is 5.84. The van der Waals surface area contributed by atoms with Gasteiger partial charge in [-0.1, -0.05) is 36.8 Å². The van der Waals surface area contributed by atoms with E-state index in [0.29, 0.717) is 5.92 Å². The molecular weight excluding hydrogens is 348 g/mol. The van der Waals surface area contributed by atoms with Crippen molar-refractivity contribution in [2.75, 3.05) is 39.3 Å². The van der Waals surface area contributed by atoms with Crippen LogP contribution in [0, 0.1) is 12.8 Å². The summed E-state index contributed by atoms with van der Waals surface area (Å²) in [5, 5.41) is 6.93. The van der Waals surface area contributed by atoms with Gasteiger partial charge in [-0.25, -0.2) is 0 Å². The van der Waals surface area contributed by atoms with Crippen molar-refractivity contribution in [3.05, 3.63) is 35.4 Å². The highest BCUT2D eigenvalue weighted by Crippen LogP contribution is 2.34. The molecule has 0 radical (unpaired) electrons. The third-order valence-electron chi connectivity index (χ3n) is 5.84. The second-order valence-electron chi connectivity index (χ2n) is 8.11. The smallest absolute Gasteiger partial charge is 0.191 e. The van der Waals surface area contributed by atoms with Crippen LogP contribution in [0.25, 0.3) is 0 Å². The lowest BCUT2D eigenvalue weighted by atomic mass is 9.89. The molecule has 0 spiro atoms. The van der Waals surface area contributed by atoms with Crippen LogP contribution in [0.2, 0.25) is 0 Å². The van der Waals surface area contributed by atoms with Gasteiger partial charge in [0, 0.05) is 44.7 Å². The molecule has 1 aromatic carbocycles. The van der Waals surface area contributed by atoms with Gasteiger partial charge in [0.25, 0.3) is 0 Å². The minimum atomic E-state index is 0.159. The number of benzene rings is 1. The second-order valence-corrected chi connectivity index (χ2v) is 8.11. The van der Waals surface area contributed by atoms with Gasteiger partial charge in [0.1, 0.15) is 0 Å². The Morgan fingerprint density at radius 3 is 2.61 bits per heavy atom. The lowest BCUT2D eigenvalue weighted by Gasteiger charge is -2.31. The summed E-state index contributed by atoms with van der Waals surface area (Å²) in [5.41, 5.74) is 2.58. The van der Waals surface area contributed by atoms with Gasteiger partial charge in [-0.3, -0.25) is 9.89 Å². The third kappa shape index (κ3) is 6.21. The molecule has 1 saturated heterocycles. The van der Waals surface area contributed by atoms with Gasteiger partial charge in [0.05, 0.1) is 6.10 Å². The first-order chi connectivity index (χ1) is 13.7. The summed E-state index contributed by atoms with van der Waals surface area (Å²) in [6.45, 7) is 12.2. The molecule has 156 valence electrons. The Labute approximate surface area is 170 Å². The van der Waals surface area contributed by atoms with Crippen molar-refractivity contribution in [1.82, 2.24) is 15.5 Å². The predicted molar refractivity (Wildman–Crippen MR) is 117 cm³/mol. The van der Waals surface area contributed by atoms with E-state index in [2.05, 4.69) is 60.6 Å². The fourth-order valence-electron chi connectivity index (χ4n) is 4.06. The fraction of sp³-hybridized carbons (Fsp3) is 0.696. The average molecular weight is 387 g/mol. The Bertz CT molecular complexity index is 612. The number of guanidine groups is 1. The van der Waals surface area contributed by atoms with Crippen molar-refractivity contribution in [1.29, 1.82) is 0 Å². The number of nitrogens with zero attached hydrogens (tertiary/aromatic N) is 2. The zero-order valence-electron chi connectivity index (χ0n) is 17.9. The summed E-state index contributed by atoms with van der Waals surface area (Å²) >= 11 is 0. The average Bonchev–Trinajstić information content (AvgIpc) is 3.55. The van der Waals surface area contributed by atoms with Crippen molar-refractivity contribution in [2.45, 2.75) is 58.6 Å². The Morgan fingerprint density at radius 2 is 1.93 bits per heavy atom. The maximum Gasteiger partial charge on any atom is 0.191 e. The molecule has 2 aliphatic rings. The maximum absolute atomic E-state index is 6.15. The van der Waals surface area contributed by atoms with Crippen LogP contribution in [-0.2, 0) is 4.74 Å². The highest BCUT2D eigenvalue weighted by atomic mass is 16.5. The Kier molecular flexibility index (Phi) is 8.16. The quantitative estimate of drug-likeness (QED) is 0.504. The summed E-state index contributed by atoms with van der Waals surface area (Å²) in [4.78, 5) is 7.48. The van der Waals surface area contributed by atoms with E-state index in [-0.39, 0.29) is 6.10 Å². The minimum absolute atomic E-state index is 0.159. The van der Waals surface area contributed by atoms with E-state index < -0.39 is 0 Å². The van der Waals surface area contributed by atoms with Crippen LogP contribution in [0.3, 0.4) is 0 Å². The summed E-state index contributed by atoms with van der Waals surface area (Å²) in [7, 11) is 0. The molecule has 2 atom stereocenters. The molecule has 2 unspecified atom stereocenters. The van der Waals surface area contributed by atoms with E-state index in [0.717, 1.165) is 57.8 Å². The van der Waals surface area contributed by atoms with Crippen molar-refractivity contribution >= 4 is 5.96 Å². The van der Waals surface area contributed by atoms with E-state index >= 15 is 0 Å². The zero-order valence-corrected chi connectivity index (χ0v) is 17.9. The predicted octanol–water partition coefficient (Wildman–Crippen LogP) is 3.50. The minimum Gasteiger partial charge on any atom is -0.373 e. The van der Waals surface area contributed by atoms with Gasteiger partial charge in [-0.2, -0.15) is 0 Å². The molecule has 5 heteroatoms. The number of nitrogens with one attached hydrogen (secondary N) is 2. The lowest BCUT2D eigenvalue weighted by molar-refractivity contribution is -0.0250. The molecule has 1 saturated carbocycles. The van der Waals surface area contributed by atoms with E-state index in [1.54, 1.807) is 0 Å². The lowest BCUT2D eigenvalue weighted by Crippen LogP contribution is -2.42. The van der Waals surface area contributed by atoms with Crippen LogP contribution < -0.4 is 10.6 Å². The highest BCUT2D eigenvalue weighted by molar-refractivity contribution is 5.79. The summed E-state index contributed by atoms with van der Waals surface area (Å²) in [6, 6.07) is 9.60. The summed E-state index contributed by atoms with van der Waals surface area (Å²) in [6.07, 6.45) is 5.19. The summed E-state index contributed by atoms with van der Waals surface area (Å²) < 4.78 is 6.15. The molecule has 1 aliphatic carbocycles. The van der Waals surface area contributed by atoms with Crippen molar-refractivity contribution < 1.29 is 4.74 Å². The fourth-order valence-corrected chi connectivity index (χ4v) is 4.06. The molecular formula is C23H38N4O. The van der Waals surface area contributed by atoms with Crippen LogP contribution in [0.15, 0.2) is 29.3 Å². The van der Waals surface area contributed by atoms with Gasteiger partial charge < -0.3 is 15.4 Å². The van der Waals surface area contributed by atoms with E-state index in [1.165, 1.54) is 30.4 Å². The molecule has 3 rings (SSSR count). The second kappa shape index (κ2) is 10.8. The first-order valence-corrected chi connectivity index (χ1v) is 11.2. The van der Waals surface area contributed by atoms with Gasteiger partial charge >= 0.3 is 0 Å². The van der Waals surface area contributed by atoms with Crippen LogP contribution in [0.5, 0.6) is 0 Å². The number of likely N-dealkylation sites (N-methyl/N-ethyl adjacent to an activating group) is 1. The topological polar surface area (TPSA) is 48.9 Å². The number of rotatable bonds is 9. The molecule has 0 amide bonds. The van der Waals surface area contributed by atoms with Crippen molar-refractivity contribution in [3.8, 4) is 0 Å². The van der Waals surface area contributed by atoms with Crippen LogP contribution in [0.1, 0.15) is 56.8 Å². The van der Waals surface area contributed by atoms with E-state index in [4.69, 9.17) is 9.73 Å². The van der Waals surface area contributed by atoms with E-state index in [1.807, 2.05) is 0 Å². The maximum atomic E-state index is 6.15. The SMILES string of the molecule is CCNC(=NCC1CCCOC1c1ccc(C)cc1)NCCN(CC)C1CC1. The number of aryl methyl sites for hydroxylation is 1. The molecule has 0 bridgehead atoms. The van der Waals surface area contributed by atoms with Crippen LogP contribution in [0.4, 0.5) is 0 Å². The molecule has 1 heterocycles. The van der Waals surface area contributed by atoms with Crippen molar-refractivity contribution in [3.63, 3.8) is 0 Å². The summed E-state index contributed by atoms with van der Waals surface area (Å²) in [5.74, 6) is 1.37. The Hall–Kier alpha value is -1.59. The standard InChI is InChI=1S/C23H38N4O/c1-4-24-23(25-14-15-27(5-2)21-12-13-21)26-17-20-7-6-16-28-22(20)19-10-8-18(3)9-11-19/h8-11,20-22H,4-7,12-17H2,1-3H3,(H2,24,25,26). The highest BCUT2D eigenvalue weighted by Gasteiger charge is 2.28. The normalized spacial score (nSPS) is 23.1. The number of hydrogen-bond donors (Lipinski definition) is 2. The Morgan fingerprint density at radius 1 is 1.14 bits per heavy atom. The van der Waals surface area contributed by atoms with Gasteiger partial charge in [0.2, 0.25) is 0 Å². The van der Waals surface area contributed by atoms with Crippen LogP contribution in [-0.4, -0.2) is 56.2 Å². The molecule has 0 aromatic heterocycles. The largest absolute Gasteiger partial charge is 0.373 e.